The predicted molar refractivity (Wildman–Crippen MR) is 123 cm³/mol. The molecule has 1 saturated heterocycles. The van der Waals surface area contributed by atoms with Crippen LogP contribution in [0.25, 0.3) is 10.2 Å². The summed E-state index contributed by atoms with van der Waals surface area (Å²) in [4.78, 5) is 17.0. The van der Waals surface area contributed by atoms with E-state index in [1.54, 1.807) is 0 Å². The summed E-state index contributed by atoms with van der Waals surface area (Å²) in [6.45, 7) is 1.02. The summed E-state index contributed by atoms with van der Waals surface area (Å²) in [6.07, 6.45) is 3.75. The number of primary sulfonamides is 1. The summed E-state index contributed by atoms with van der Waals surface area (Å²) in [6, 6.07) is 10.1. The van der Waals surface area contributed by atoms with Gasteiger partial charge in [-0.2, -0.15) is 4.31 Å². The maximum absolute atomic E-state index is 12.9. The number of nitrogens with zero attached hydrogens (tertiary/aromatic N) is 2. The molecule has 0 aliphatic carbocycles. The molecule has 0 unspecified atom stereocenters. The average Bonchev–Trinajstić information content (AvgIpc) is 2.95. The van der Waals surface area contributed by atoms with Crippen LogP contribution >= 0.6 is 11.3 Å². The highest BCUT2D eigenvalue weighted by Crippen LogP contribution is 2.28. The van der Waals surface area contributed by atoms with Gasteiger partial charge in [0.2, 0.25) is 20.0 Å². The number of amides is 1. The lowest BCUT2D eigenvalue weighted by Gasteiger charge is -2.20. The van der Waals surface area contributed by atoms with E-state index < -0.39 is 26.0 Å². The molecule has 3 N–H and O–H groups in total. The normalized spacial score (nSPS) is 16.0. The second kappa shape index (κ2) is 8.87. The second-order valence-electron chi connectivity index (χ2n) is 7.49. The number of thiazole rings is 1. The number of hydrogen-bond acceptors (Lipinski definition) is 7. The third-order valence-corrected chi connectivity index (χ3v) is 8.99. The van der Waals surface area contributed by atoms with E-state index in [2.05, 4.69) is 10.3 Å². The highest BCUT2D eigenvalue weighted by Gasteiger charge is 2.25. The van der Waals surface area contributed by atoms with Crippen molar-refractivity contribution in [1.29, 1.82) is 0 Å². The van der Waals surface area contributed by atoms with Crippen molar-refractivity contribution in [2.45, 2.75) is 35.5 Å². The monoisotopic (exact) mass is 494 g/mol. The van der Waals surface area contributed by atoms with Gasteiger partial charge in [0.25, 0.3) is 5.91 Å². The Morgan fingerprint density at radius 3 is 2.19 bits per heavy atom. The molecule has 1 aliphatic heterocycles. The number of sulfonamides is 2. The molecular weight excluding hydrogens is 472 g/mol. The number of anilines is 1. The van der Waals surface area contributed by atoms with Gasteiger partial charge < -0.3 is 0 Å². The van der Waals surface area contributed by atoms with Crippen molar-refractivity contribution in [1.82, 2.24) is 9.29 Å². The highest BCUT2D eigenvalue weighted by molar-refractivity contribution is 7.89. The molecule has 9 nitrogen and oxygen atoms in total. The van der Waals surface area contributed by atoms with E-state index in [0.717, 1.165) is 37.0 Å². The number of carbonyl (C=O) groups excluding carboxylic acids is 1. The Hall–Kier alpha value is -2.38. The standard InChI is InChI=1S/C20H22N4O5S3/c21-31(26,27)16-9-10-17-18(13-16)30-20(22-17)23-19(25)14-5-7-15(8-6-14)32(28,29)24-11-3-1-2-4-12-24/h5-10,13H,1-4,11-12H2,(H2,21,26,27)(H,22,23,25). The minimum Gasteiger partial charge on any atom is -0.298 e. The number of fused-ring (bicyclic) bond motifs is 1. The summed E-state index contributed by atoms with van der Waals surface area (Å²) >= 11 is 1.11. The molecule has 0 bridgehead atoms. The first kappa shape index (κ1) is 22.8. The van der Waals surface area contributed by atoms with Crippen LogP contribution in [0.4, 0.5) is 5.13 Å². The summed E-state index contributed by atoms with van der Waals surface area (Å²) in [7, 11) is -7.43. The van der Waals surface area contributed by atoms with Gasteiger partial charge in [-0.25, -0.2) is 27.0 Å². The van der Waals surface area contributed by atoms with Crippen LogP contribution in [0.1, 0.15) is 36.0 Å². The van der Waals surface area contributed by atoms with Crippen LogP contribution in [-0.4, -0.2) is 45.1 Å². The van der Waals surface area contributed by atoms with Crippen molar-refractivity contribution in [3.05, 3.63) is 48.0 Å². The average molecular weight is 495 g/mol. The van der Waals surface area contributed by atoms with Gasteiger partial charge in [0.1, 0.15) is 0 Å². The van der Waals surface area contributed by atoms with Crippen LogP contribution in [-0.2, 0) is 20.0 Å². The van der Waals surface area contributed by atoms with E-state index in [9.17, 15) is 21.6 Å². The zero-order valence-corrected chi connectivity index (χ0v) is 19.5. The lowest BCUT2D eigenvalue weighted by atomic mass is 10.2. The fourth-order valence-corrected chi connectivity index (χ4v) is 6.55. The summed E-state index contributed by atoms with van der Waals surface area (Å²) in [5, 5.41) is 8.10. The third kappa shape index (κ3) is 4.84. The van der Waals surface area contributed by atoms with Gasteiger partial charge >= 0.3 is 0 Å². The van der Waals surface area contributed by atoms with Crippen LogP contribution in [0.3, 0.4) is 0 Å². The van der Waals surface area contributed by atoms with Gasteiger partial charge in [-0.3, -0.25) is 10.1 Å². The van der Waals surface area contributed by atoms with Gasteiger partial charge in [-0.15, -0.1) is 0 Å². The molecule has 0 spiro atoms. The van der Waals surface area contributed by atoms with E-state index in [1.165, 1.54) is 46.8 Å². The Morgan fingerprint density at radius 2 is 1.56 bits per heavy atom. The number of nitrogens with two attached hydrogens (primary N) is 1. The third-order valence-electron chi connectivity index (χ3n) is 5.23. The molecule has 0 saturated carbocycles. The van der Waals surface area contributed by atoms with Gasteiger partial charge in [0.15, 0.2) is 5.13 Å². The Labute approximate surface area is 190 Å². The smallest absolute Gasteiger partial charge is 0.257 e. The fourth-order valence-electron chi connectivity index (χ4n) is 3.51. The first-order valence-corrected chi connectivity index (χ1v) is 13.8. The molecule has 170 valence electrons. The van der Waals surface area contributed by atoms with Gasteiger partial charge in [0, 0.05) is 18.7 Å². The molecule has 1 aliphatic rings. The number of rotatable bonds is 5. The Morgan fingerprint density at radius 1 is 0.938 bits per heavy atom. The summed E-state index contributed by atoms with van der Waals surface area (Å²) in [5.74, 6) is -0.450. The molecule has 12 heteroatoms. The molecule has 4 rings (SSSR count). The van der Waals surface area contributed by atoms with Gasteiger partial charge in [-0.1, -0.05) is 24.2 Å². The van der Waals surface area contributed by atoms with E-state index in [1.807, 2.05) is 0 Å². The van der Waals surface area contributed by atoms with Crippen LogP contribution in [0.5, 0.6) is 0 Å². The zero-order chi connectivity index (χ0) is 22.9. The van der Waals surface area contributed by atoms with E-state index >= 15 is 0 Å². The second-order valence-corrected chi connectivity index (χ2v) is 12.0. The molecule has 1 fully saturated rings. The van der Waals surface area contributed by atoms with Crippen molar-refractivity contribution in [3.8, 4) is 0 Å². The van der Waals surface area contributed by atoms with Crippen molar-refractivity contribution < 1.29 is 21.6 Å². The Bertz CT molecular complexity index is 1360. The summed E-state index contributed by atoms with van der Waals surface area (Å²) < 4.78 is 50.8. The maximum atomic E-state index is 12.9. The molecule has 1 aromatic heterocycles. The molecule has 2 aromatic carbocycles. The number of carbonyl (C=O) groups is 1. The lowest BCUT2D eigenvalue weighted by Crippen LogP contribution is -2.31. The van der Waals surface area contributed by atoms with Gasteiger partial charge in [-0.05, 0) is 55.3 Å². The Balaban J connectivity index is 1.50. The summed E-state index contributed by atoms with van der Waals surface area (Å²) in [5.41, 5.74) is 0.806. The minimum atomic E-state index is -3.84. The maximum Gasteiger partial charge on any atom is 0.257 e. The highest BCUT2D eigenvalue weighted by atomic mass is 32.2. The first-order valence-electron chi connectivity index (χ1n) is 9.99. The first-order chi connectivity index (χ1) is 15.1. The van der Waals surface area contributed by atoms with Gasteiger partial charge in [0.05, 0.1) is 20.0 Å². The van der Waals surface area contributed by atoms with Crippen molar-refractivity contribution in [3.63, 3.8) is 0 Å². The zero-order valence-electron chi connectivity index (χ0n) is 17.0. The number of benzene rings is 2. The largest absolute Gasteiger partial charge is 0.298 e. The fraction of sp³-hybridized carbons (Fsp3) is 0.300. The Kier molecular flexibility index (Phi) is 6.32. The molecule has 2 heterocycles. The van der Waals surface area contributed by atoms with Crippen LogP contribution in [0.2, 0.25) is 0 Å². The molecule has 1 amide bonds. The van der Waals surface area contributed by atoms with Crippen molar-refractivity contribution in [2.24, 2.45) is 5.14 Å². The molecule has 0 radical (unpaired) electrons. The SMILES string of the molecule is NS(=O)(=O)c1ccc2nc(NC(=O)c3ccc(S(=O)(=O)N4CCCCCC4)cc3)sc2c1. The van der Waals surface area contributed by atoms with E-state index in [4.69, 9.17) is 5.14 Å². The molecule has 0 atom stereocenters. The molecular formula is C20H22N4O5S3. The molecule has 32 heavy (non-hydrogen) atoms. The quantitative estimate of drug-likeness (QED) is 0.559. The minimum absolute atomic E-state index is 0.0345. The van der Waals surface area contributed by atoms with E-state index in [-0.39, 0.29) is 20.5 Å². The van der Waals surface area contributed by atoms with Crippen molar-refractivity contribution >= 4 is 52.6 Å². The molecule has 3 aromatic rings. The van der Waals surface area contributed by atoms with Crippen LogP contribution in [0, 0.1) is 0 Å². The topological polar surface area (TPSA) is 140 Å². The van der Waals surface area contributed by atoms with Crippen LogP contribution in [0.15, 0.2) is 52.3 Å². The number of aromatic nitrogens is 1. The number of nitrogens with one attached hydrogen (secondary N) is 1. The predicted octanol–water partition coefficient (Wildman–Crippen LogP) is 2.76. The van der Waals surface area contributed by atoms with Crippen molar-refractivity contribution in [2.75, 3.05) is 18.4 Å². The lowest BCUT2D eigenvalue weighted by molar-refractivity contribution is 0.102. The van der Waals surface area contributed by atoms with Crippen LogP contribution < -0.4 is 10.5 Å². The number of hydrogen-bond donors (Lipinski definition) is 2. The van der Waals surface area contributed by atoms with E-state index in [0.29, 0.717) is 23.3 Å².